The molecule has 2 amide bonds. The zero-order valence-corrected chi connectivity index (χ0v) is 14.2. The third-order valence-electron chi connectivity index (χ3n) is 6.09. The molecule has 3 heterocycles. The summed E-state index contributed by atoms with van der Waals surface area (Å²) < 4.78 is 1.65. The van der Waals surface area contributed by atoms with Crippen molar-refractivity contribution < 1.29 is 9.59 Å². The van der Waals surface area contributed by atoms with E-state index < -0.39 is 0 Å². The van der Waals surface area contributed by atoms with Gasteiger partial charge in [0, 0.05) is 38.6 Å². The molecule has 6 heteroatoms. The minimum absolute atomic E-state index is 0.0690. The normalized spacial score (nSPS) is 27.8. The van der Waals surface area contributed by atoms with E-state index in [0.29, 0.717) is 24.9 Å². The molecule has 1 aliphatic carbocycles. The van der Waals surface area contributed by atoms with Crippen LogP contribution in [0.2, 0.25) is 0 Å². The lowest BCUT2D eigenvalue weighted by molar-refractivity contribution is -0.147. The summed E-state index contributed by atoms with van der Waals surface area (Å²) in [6, 6.07) is 1.82. The maximum absolute atomic E-state index is 13.1. The second-order valence-corrected chi connectivity index (χ2v) is 7.70. The molecule has 2 saturated heterocycles. The van der Waals surface area contributed by atoms with Crippen molar-refractivity contribution in [3.8, 4) is 0 Å². The first kappa shape index (κ1) is 15.7. The number of aromatic nitrogens is 2. The van der Waals surface area contributed by atoms with E-state index in [-0.39, 0.29) is 17.9 Å². The van der Waals surface area contributed by atoms with E-state index in [1.54, 1.807) is 17.1 Å². The number of rotatable bonds is 4. The Bertz CT molecular complexity index is 611. The molecule has 0 N–H and O–H groups in total. The van der Waals surface area contributed by atoms with Crippen molar-refractivity contribution >= 4 is 11.8 Å². The van der Waals surface area contributed by atoms with Crippen LogP contribution in [0.15, 0.2) is 18.5 Å². The van der Waals surface area contributed by atoms with Crippen LogP contribution in [0.4, 0.5) is 0 Å². The summed E-state index contributed by atoms with van der Waals surface area (Å²) in [5.74, 6) is 1.08. The van der Waals surface area contributed by atoms with Gasteiger partial charge in [-0.15, -0.1) is 0 Å². The Labute approximate surface area is 142 Å². The van der Waals surface area contributed by atoms with Gasteiger partial charge in [0.25, 0.3) is 0 Å². The molecule has 6 nitrogen and oxygen atoms in total. The first-order valence-electron chi connectivity index (χ1n) is 9.21. The maximum atomic E-state index is 13.1. The van der Waals surface area contributed by atoms with E-state index in [9.17, 15) is 9.59 Å². The van der Waals surface area contributed by atoms with Crippen molar-refractivity contribution in [1.82, 2.24) is 19.6 Å². The Hall–Kier alpha value is -1.85. The van der Waals surface area contributed by atoms with Crippen LogP contribution in [0.3, 0.4) is 0 Å². The monoisotopic (exact) mass is 330 g/mol. The second-order valence-electron chi connectivity index (χ2n) is 7.70. The largest absolute Gasteiger partial charge is 0.342 e. The fourth-order valence-electron chi connectivity index (χ4n) is 4.41. The van der Waals surface area contributed by atoms with Crippen molar-refractivity contribution in [2.45, 2.75) is 45.1 Å². The molecule has 3 aliphatic rings. The molecule has 4 rings (SSSR count). The molecular weight excluding hydrogens is 304 g/mol. The van der Waals surface area contributed by atoms with E-state index in [0.717, 1.165) is 32.4 Å². The van der Waals surface area contributed by atoms with Gasteiger partial charge >= 0.3 is 0 Å². The Morgan fingerprint density at radius 2 is 2.12 bits per heavy atom. The second kappa shape index (κ2) is 6.22. The molecule has 0 aromatic carbocycles. The van der Waals surface area contributed by atoms with Gasteiger partial charge in [0.1, 0.15) is 6.54 Å². The molecule has 1 aromatic heterocycles. The Morgan fingerprint density at radius 1 is 1.25 bits per heavy atom. The van der Waals surface area contributed by atoms with Crippen LogP contribution < -0.4 is 0 Å². The van der Waals surface area contributed by atoms with Gasteiger partial charge in [-0.3, -0.25) is 14.3 Å². The van der Waals surface area contributed by atoms with Gasteiger partial charge in [-0.2, -0.15) is 5.10 Å². The van der Waals surface area contributed by atoms with E-state index in [4.69, 9.17) is 0 Å². The molecule has 1 aromatic rings. The highest BCUT2D eigenvalue weighted by molar-refractivity contribution is 5.86. The summed E-state index contributed by atoms with van der Waals surface area (Å²) >= 11 is 0. The number of carbonyl (C=O) groups is 2. The first-order chi connectivity index (χ1) is 11.7. The minimum atomic E-state index is -0.318. The Balaban J connectivity index is 1.39. The number of piperidine rings is 1. The van der Waals surface area contributed by atoms with Crippen molar-refractivity contribution in [3.63, 3.8) is 0 Å². The van der Waals surface area contributed by atoms with Crippen LogP contribution in [0.5, 0.6) is 0 Å². The summed E-state index contributed by atoms with van der Waals surface area (Å²) in [4.78, 5) is 29.5. The lowest BCUT2D eigenvalue weighted by atomic mass is 9.77. The van der Waals surface area contributed by atoms with Crippen molar-refractivity contribution in [1.29, 1.82) is 0 Å². The number of carbonyl (C=O) groups excluding carboxylic acids is 2. The summed E-state index contributed by atoms with van der Waals surface area (Å²) in [5, 5.41) is 4.10. The number of nitrogens with zero attached hydrogens (tertiary/aromatic N) is 4. The molecule has 3 fully saturated rings. The topological polar surface area (TPSA) is 58.4 Å². The smallest absolute Gasteiger partial charge is 0.244 e. The van der Waals surface area contributed by atoms with Crippen LogP contribution in [0.1, 0.15) is 38.5 Å². The summed E-state index contributed by atoms with van der Waals surface area (Å²) in [5.41, 5.74) is -0.318. The molecule has 0 bridgehead atoms. The van der Waals surface area contributed by atoms with Gasteiger partial charge in [0.05, 0.1) is 5.41 Å². The Kier molecular flexibility index (Phi) is 4.06. The SMILES string of the molecule is O=C(Cn1cccn1)N1CCC2(CCCN(CC3CCC3)C2=O)C1. The zero-order chi connectivity index (χ0) is 16.6. The number of likely N-dealkylation sites (tertiary alicyclic amines) is 2. The van der Waals surface area contributed by atoms with Gasteiger partial charge < -0.3 is 9.80 Å². The Morgan fingerprint density at radius 3 is 2.83 bits per heavy atom. The highest BCUT2D eigenvalue weighted by atomic mass is 16.2. The molecule has 0 radical (unpaired) electrons. The minimum Gasteiger partial charge on any atom is -0.342 e. The highest BCUT2D eigenvalue weighted by Crippen LogP contribution is 2.41. The summed E-state index contributed by atoms with van der Waals surface area (Å²) in [6.07, 6.45) is 10.2. The summed E-state index contributed by atoms with van der Waals surface area (Å²) in [7, 11) is 0. The lowest BCUT2D eigenvalue weighted by Crippen LogP contribution is -2.52. The van der Waals surface area contributed by atoms with Crippen LogP contribution in [0.25, 0.3) is 0 Å². The van der Waals surface area contributed by atoms with Crippen molar-refractivity contribution in [2.24, 2.45) is 11.3 Å². The third-order valence-corrected chi connectivity index (χ3v) is 6.09. The van der Waals surface area contributed by atoms with E-state index >= 15 is 0 Å². The van der Waals surface area contributed by atoms with Crippen LogP contribution in [0, 0.1) is 11.3 Å². The average molecular weight is 330 g/mol. The quantitative estimate of drug-likeness (QED) is 0.841. The molecule has 1 atom stereocenters. The third kappa shape index (κ3) is 2.82. The average Bonchev–Trinajstić information content (AvgIpc) is 3.18. The predicted octanol–water partition coefficient (Wildman–Crippen LogP) is 1.52. The fourth-order valence-corrected chi connectivity index (χ4v) is 4.41. The molecule has 2 aliphatic heterocycles. The van der Waals surface area contributed by atoms with Crippen LogP contribution in [-0.4, -0.2) is 57.6 Å². The van der Waals surface area contributed by atoms with E-state index in [2.05, 4.69) is 10.00 Å². The van der Waals surface area contributed by atoms with Crippen LogP contribution in [-0.2, 0) is 16.1 Å². The zero-order valence-electron chi connectivity index (χ0n) is 14.2. The van der Waals surface area contributed by atoms with Crippen LogP contribution >= 0.6 is 0 Å². The van der Waals surface area contributed by atoms with Gasteiger partial charge in [0.15, 0.2) is 0 Å². The number of hydrogen-bond acceptors (Lipinski definition) is 3. The predicted molar refractivity (Wildman–Crippen MR) is 89.0 cm³/mol. The molecule has 24 heavy (non-hydrogen) atoms. The van der Waals surface area contributed by atoms with Gasteiger partial charge in [0.2, 0.25) is 11.8 Å². The van der Waals surface area contributed by atoms with Gasteiger partial charge in [-0.05, 0) is 44.1 Å². The molecular formula is C18H26N4O2. The summed E-state index contributed by atoms with van der Waals surface area (Å²) in [6.45, 7) is 3.39. The van der Waals surface area contributed by atoms with Gasteiger partial charge in [-0.1, -0.05) is 6.42 Å². The maximum Gasteiger partial charge on any atom is 0.244 e. The van der Waals surface area contributed by atoms with Gasteiger partial charge in [-0.25, -0.2) is 0 Å². The van der Waals surface area contributed by atoms with Crippen molar-refractivity contribution in [2.75, 3.05) is 26.2 Å². The number of hydrogen-bond donors (Lipinski definition) is 0. The molecule has 130 valence electrons. The highest BCUT2D eigenvalue weighted by Gasteiger charge is 2.49. The van der Waals surface area contributed by atoms with E-state index in [1.165, 1.54) is 19.3 Å². The number of amides is 2. The molecule has 1 saturated carbocycles. The van der Waals surface area contributed by atoms with E-state index in [1.807, 2.05) is 11.0 Å². The molecule has 1 unspecified atom stereocenters. The lowest BCUT2D eigenvalue weighted by Gasteiger charge is -2.42. The van der Waals surface area contributed by atoms with Crippen molar-refractivity contribution in [3.05, 3.63) is 18.5 Å². The molecule has 1 spiro atoms. The first-order valence-corrected chi connectivity index (χ1v) is 9.21. The standard InChI is InChI=1S/C18H26N4O2/c23-16(13-22-10-3-8-19-22)21-11-7-18(14-21)6-2-9-20(17(18)24)12-15-4-1-5-15/h3,8,10,15H,1-2,4-7,9,11-14H2. The fraction of sp³-hybridized carbons (Fsp3) is 0.722.